The average molecular weight is 381 g/mol. The number of thioether (sulfide) groups is 1. The minimum Gasteiger partial charge on any atom is -0.336 e. The van der Waals surface area contributed by atoms with E-state index < -0.39 is 0 Å². The molecule has 6 heteroatoms. The molecule has 1 saturated heterocycles. The number of halogens is 2. The smallest absolute Gasteiger partial charge is 0.252 e. The van der Waals surface area contributed by atoms with Crippen LogP contribution in [-0.4, -0.2) is 41.1 Å². The van der Waals surface area contributed by atoms with Crippen molar-refractivity contribution in [2.24, 2.45) is 4.99 Å². The Labute approximate surface area is 140 Å². The summed E-state index contributed by atoms with van der Waals surface area (Å²) in [5.41, 5.74) is 3.85. The Bertz CT molecular complexity index is 746. The number of hydrogen-bond acceptors (Lipinski definition) is 3. The summed E-state index contributed by atoms with van der Waals surface area (Å²) < 4.78 is 14.0. The van der Waals surface area contributed by atoms with Gasteiger partial charge in [-0.1, -0.05) is 6.07 Å². The third-order valence-electron chi connectivity index (χ3n) is 4.45. The molecule has 1 fully saturated rings. The predicted octanol–water partition coefficient (Wildman–Crippen LogP) is 3.36. The normalized spacial score (nSPS) is 27.1. The minimum absolute atomic E-state index is 0.0238. The van der Waals surface area contributed by atoms with Crippen molar-refractivity contribution in [1.29, 1.82) is 0 Å². The Morgan fingerprint density at radius 2 is 2.27 bits per heavy atom. The molecular formula is C16H14BrFN2OS. The van der Waals surface area contributed by atoms with Crippen LogP contribution in [0, 0.1) is 5.82 Å². The molecule has 4 rings (SSSR count). The van der Waals surface area contributed by atoms with Crippen molar-refractivity contribution in [2.75, 3.05) is 19.3 Å². The molecule has 3 heterocycles. The van der Waals surface area contributed by atoms with Gasteiger partial charge >= 0.3 is 0 Å². The van der Waals surface area contributed by atoms with Gasteiger partial charge in [0.15, 0.2) is 0 Å². The van der Waals surface area contributed by atoms with Crippen LogP contribution in [0.25, 0.3) is 0 Å². The first-order valence-electron chi connectivity index (χ1n) is 7.19. The van der Waals surface area contributed by atoms with Crippen LogP contribution in [0.3, 0.4) is 0 Å². The summed E-state index contributed by atoms with van der Waals surface area (Å²) in [6.07, 6.45) is 0.975. The molecule has 1 aromatic carbocycles. The van der Waals surface area contributed by atoms with Crippen molar-refractivity contribution >= 4 is 39.3 Å². The van der Waals surface area contributed by atoms with Gasteiger partial charge < -0.3 is 4.90 Å². The van der Waals surface area contributed by atoms with Gasteiger partial charge in [-0.15, -0.1) is 0 Å². The lowest BCUT2D eigenvalue weighted by molar-refractivity contribution is -0.124. The molecule has 3 aliphatic heterocycles. The summed E-state index contributed by atoms with van der Waals surface area (Å²) in [6, 6.07) is 5.06. The molecule has 114 valence electrons. The molecule has 0 aromatic heterocycles. The third kappa shape index (κ3) is 2.07. The first kappa shape index (κ1) is 14.5. The number of carbonyl (C=O) groups excluding carboxylic acids is 1. The van der Waals surface area contributed by atoms with Crippen LogP contribution in [-0.2, 0) is 4.79 Å². The lowest BCUT2D eigenvalue weighted by Crippen LogP contribution is -2.30. The number of likely N-dealkylation sites (N-methyl/N-ethyl adjacent to an activating group) is 1. The standard InChI is InChI=1S/C16H14BrFN2OS/c1-20-7-12-14(16(20)21)13(15-11(19-12)4-5-22-15)8-2-3-10(18)9(17)6-8/h2-3,6,13,15H,4-5,7H2,1H3. The topological polar surface area (TPSA) is 32.7 Å². The van der Waals surface area contributed by atoms with Gasteiger partial charge in [0.1, 0.15) is 5.82 Å². The van der Waals surface area contributed by atoms with Gasteiger partial charge in [-0.3, -0.25) is 9.79 Å². The quantitative estimate of drug-likeness (QED) is 0.748. The summed E-state index contributed by atoms with van der Waals surface area (Å²) >= 11 is 5.11. The Kier molecular flexibility index (Phi) is 3.42. The molecule has 1 amide bonds. The highest BCUT2D eigenvalue weighted by Gasteiger charge is 2.45. The van der Waals surface area contributed by atoms with E-state index in [2.05, 4.69) is 15.9 Å². The van der Waals surface area contributed by atoms with Crippen molar-refractivity contribution in [3.63, 3.8) is 0 Å². The number of amides is 1. The lowest BCUT2D eigenvalue weighted by atomic mass is 9.83. The van der Waals surface area contributed by atoms with Gasteiger partial charge in [0, 0.05) is 24.3 Å². The molecule has 0 N–H and O–H groups in total. The fourth-order valence-corrected chi connectivity index (χ4v) is 5.25. The van der Waals surface area contributed by atoms with E-state index in [4.69, 9.17) is 4.99 Å². The summed E-state index contributed by atoms with van der Waals surface area (Å²) in [4.78, 5) is 19.0. The Balaban J connectivity index is 1.86. The first-order chi connectivity index (χ1) is 10.6. The first-order valence-corrected chi connectivity index (χ1v) is 9.03. The van der Waals surface area contributed by atoms with E-state index in [1.165, 1.54) is 11.8 Å². The number of rotatable bonds is 1. The van der Waals surface area contributed by atoms with Crippen LogP contribution < -0.4 is 0 Å². The van der Waals surface area contributed by atoms with Crippen LogP contribution >= 0.6 is 27.7 Å². The largest absolute Gasteiger partial charge is 0.336 e. The highest BCUT2D eigenvalue weighted by Crippen LogP contribution is 2.47. The Morgan fingerprint density at radius 1 is 1.45 bits per heavy atom. The number of carbonyl (C=O) groups is 1. The van der Waals surface area contributed by atoms with Gasteiger partial charge in [0.2, 0.25) is 0 Å². The van der Waals surface area contributed by atoms with Crippen LogP contribution in [0.4, 0.5) is 4.39 Å². The summed E-state index contributed by atoms with van der Waals surface area (Å²) in [5.74, 6) is 0.782. The van der Waals surface area contributed by atoms with Gasteiger partial charge in [-0.05, 0) is 45.8 Å². The van der Waals surface area contributed by atoms with E-state index in [9.17, 15) is 9.18 Å². The SMILES string of the molecule is CN1CC2=C(C1=O)C(c1ccc(F)c(Br)c1)C1SCCC1=N2. The predicted molar refractivity (Wildman–Crippen MR) is 89.8 cm³/mol. The molecule has 0 bridgehead atoms. The fraction of sp³-hybridized carbons (Fsp3) is 0.375. The number of hydrogen-bond donors (Lipinski definition) is 0. The third-order valence-corrected chi connectivity index (χ3v) is 6.40. The van der Waals surface area contributed by atoms with Crippen LogP contribution in [0.15, 0.2) is 38.9 Å². The van der Waals surface area contributed by atoms with E-state index in [1.807, 2.05) is 11.8 Å². The highest BCUT2D eigenvalue weighted by molar-refractivity contribution is 9.10. The van der Waals surface area contributed by atoms with Gasteiger partial charge in [0.05, 0.1) is 22.0 Å². The maximum absolute atomic E-state index is 13.6. The maximum Gasteiger partial charge on any atom is 0.252 e. The molecule has 0 aliphatic carbocycles. The second kappa shape index (κ2) is 5.20. The van der Waals surface area contributed by atoms with Crippen LogP contribution in [0.1, 0.15) is 17.9 Å². The zero-order chi connectivity index (χ0) is 15.4. The molecule has 3 nitrogen and oxygen atoms in total. The minimum atomic E-state index is -0.281. The number of fused-ring (bicyclic) bond motifs is 1. The Hall–Kier alpha value is -1.14. The lowest BCUT2D eigenvalue weighted by Gasteiger charge is -2.28. The summed E-state index contributed by atoms with van der Waals surface area (Å²) in [5, 5.41) is 0.201. The van der Waals surface area contributed by atoms with E-state index >= 15 is 0 Å². The molecule has 2 unspecified atom stereocenters. The van der Waals surface area contributed by atoms with Crippen molar-refractivity contribution in [3.8, 4) is 0 Å². The Morgan fingerprint density at radius 3 is 3.05 bits per heavy atom. The number of aliphatic imine (C=N–C) groups is 1. The molecule has 0 saturated carbocycles. The van der Waals surface area contributed by atoms with Gasteiger partial charge in [-0.25, -0.2) is 4.39 Å². The zero-order valence-corrected chi connectivity index (χ0v) is 14.4. The van der Waals surface area contributed by atoms with E-state index in [1.54, 1.807) is 24.1 Å². The number of nitrogens with zero attached hydrogens (tertiary/aromatic N) is 2. The summed E-state index contributed by atoms with van der Waals surface area (Å²) in [7, 11) is 1.81. The maximum atomic E-state index is 13.6. The number of benzene rings is 1. The van der Waals surface area contributed by atoms with Crippen molar-refractivity contribution in [2.45, 2.75) is 17.6 Å². The molecular weight excluding hydrogens is 367 g/mol. The van der Waals surface area contributed by atoms with Crippen molar-refractivity contribution < 1.29 is 9.18 Å². The second-order valence-electron chi connectivity index (χ2n) is 5.82. The average Bonchev–Trinajstić information content (AvgIpc) is 3.05. The molecule has 0 spiro atoms. The van der Waals surface area contributed by atoms with Crippen molar-refractivity contribution in [1.82, 2.24) is 4.90 Å². The molecule has 2 atom stereocenters. The van der Waals surface area contributed by atoms with E-state index in [-0.39, 0.29) is 22.9 Å². The van der Waals surface area contributed by atoms with E-state index in [0.29, 0.717) is 11.0 Å². The second-order valence-corrected chi connectivity index (χ2v) is 7.92. The highest BCUT2D eigenvalue weighted by atomic mass is 79.9. The van der Waals surface area contributed by atoms with Crippen LogP contribution in [0.5, 0.6) is 0 Å². The molecule has 22 heavy (non-hydrogen) atoms. The molecule has 3 aliphatic rings. The molecule has 1 aromatic rings. The van der Waals surface area contributed by atoms with Crippen molar-refractivity contribution in [3.05, 3.63) is 45.3 Å². The molecule has 0 radical (unpaired) electrons. The zero-order valence-electron chi connectivity index (χ0n) is 12.0. The van der Waals surface area contributed by atoms with Gasteiger partial charge in [0.25, 0.3) is 5.91 Å². The fourth-order valence-electron chi connectivity index (χ4n) is 3.43. The monoisotopic (exact) mass is 380 g/mol. The van der Waals surface area contributed by atoms with E-state index in [0.717, 1.165) is 29.0 Å². The van der Waals surface area contributed by atoms with Crippen LogP contribution in [0.2, 0.25) is 0 Å². The van der Waals surface area contributed by atoms with Gasteiger partial charge in [-0.2, -0.15) is 11.8 Å². The summed E-state index contributed by atoms with van der Waals surface area (Å²) in [6.45, 7) is 0.577.